The van der Waals surface area contributed by atoms with Crippen LogP contribution in [0.5, 0.6) is 0 Å². The van der Waals surface area contributed by atoms with E-state index in [0.717, 1.165) is 54.6 Å². The minimum absolute atomic E-state index is 0.641. The minimum Gasteiger partial charge on any atom is -0.238 e. The van der Waals surface area contributed by atoms with Gasteiger partial charge < -0.3 is 0 Å². The first-order chi connectivity index (χ1) is 66.7. The van der Waals surface area contributed by atoms with Gasteiger partial charge in [0.05, 0.1) is 19.7 Å². The molecule has 0 aliphatic heterocycles. The molecule has 4 heterocycles. The number of benzene rings is 23. The normalized spacial score (nSPS) is 11.5. The maximum atomic E-state index is 7.58. The van der Waals surface area contributed by atoms with E-state index in [1.807, 2.05) is 97.1 Å². The van der Waals surface area contributed by atoms with Crippen molar-refractivity contribution >= 4 is 209 Å². The molecule has 0 saturated heterocycles. The maximum absolute atomic E-state index is 7.58. The lowest BCUT2D eigenvalue weighted by Gasteiger charge is -2.16. The summed E-state index contributed by atoms with van der Waals surface area (Å²) in [6.07, 6.45) is 0. The number of nitrogens with zero attached hydrogens (tertiary/aromatic N) is 6. The van der Waals surface area contributed by atoms with Crippen molar-refractivity contribution in [3.63, 3.8) is 0 Å². The molecule has 0 aliphatic carbocycles. The standard InChI is InChI=1S/C46H26N4S.C43H25NS.C37H21NS/c1-47-31-21-23-43-40(25-31)39-24-30(20-22-42(39)51-43)36-26-37-34-18-10-11-19-35(34)41(27-38(37)33-17-9-8-16-32(33)36)46-49-44(28-12-4-2-5-13-28)48-45(50-46)29-14-6-3-7-15-29;1-44-31-20-22-43-41(24-31)40-23-30(19-21-42(40)45-43)27-15-17-29(18-16-27)37-26-39-34-13-7-5-11-32(34)36(28-9-3-2-4-10-28)25-38(39)35-14-8-6-12-33(35)37;1-38-27-16-19-37-35(21-27)34-20-26(15-18-36(34)39-37)23-10-12-25(13-11-23)32-22-33-28-7-3-2-6-24(28)14-17-31(33)29-8-4-5-9-30(29)32/h2-27H;2-26H;2-22H. The fraction of sp³-hybridized carbons (Fsp3) is 0. The summed E-state index contributed by atoms with van der Waals surface area (Å²) in [5, 5.41) is 29.3. The first-order valence-corrected chi connectivity index (χ1v) is 47.4. The molecule has 4 aromatic heterocycles. The molecule has 0 amide bonds. The molecule has 6 nitrogen and oxygen atoms in total. The number of rotatable bonds is 9. The van der Waals surface area contributed by atoms with Crippen LogP contribution in [0.1, 0.15) is 0 Å². The molecule has 0 unspecified atom stereocenters. The predicted octanol–water partition coefficient (Wildman–Crippen LogP) is 37.4. The second kappa shape index (κ2) is 33.2. The van der Waals surface area contributed by atoms with Crippen LogP contribution >= 0.6 is 34.0 Å². The van der Waals surface area contributed by atoms with Gasteiger partial charge in [0.1, 0.15) is 0 Å². The molecule has 0 spiro atoms. The number of fused-ring (bicyclic) bond motifs is 24. The molecule has 27 rings (SSSR count). The van der Waals surface area contributed by atoms with Crippen molar-refractivity contribution in [3.05, 3.63) is 471 Å². The summed E-state index contributed by atoms with van der Waals surface area (Å²) in [5.74, 6) is 1.93. The van der Waals surface area contributed by atoms with E-state index in [2.05, 4.69) is 354 Å². The lowest BCUT2D eigenvalue weighted by atomic mass is 9.87. The van der Waals surface area contributed by atoms with Gasteiger partial charge in [-0.3, -0.25) is 0 Å². The third-order valence-electron chi connectivity index (χ3n) is 26.7. The van der Waals surface area contributed by atoms with E-state index < -0.39 is 0 Å². The average Bonchev–Trinajstić information content (AvgIpc) is 1.74. The maximum Gasteiger partial charge on any atom is 0.187 e. The summed E-state index contributed by atoms with van der Waals surface area (Å²) in [4.78, 5) is 26.2. The third kappa shape index (κ3) is 14.1. The van der Waals surface area contributed by atoms with Crippen LogP contribution in [0, 0.1) is 19.7 Å². The number of hydrogen-bond acceptors (Lipinski definition) is 6. The van der Waals surface area contributed by atoms with Gasteiger partial charge in [0, 0.05) is 44.9 Å². The lowest BCUT2D eigenvalue weighted by molar-refractivity contribution is 1.08. The number of aromatic nitrogens is 3. The summed E-state index contributed by atoms with van der Waals surface area (Å²) in [6.45, 7) is 22.4. The van der Waals surface area contributed by atoms with E-state index in [1.54, 1.807) is 34.0 Å². The highest BCUT2D eigenvalue weighted by Crippen LogP contribution is 2.49. The summed E-state index contributed by atoms with van der Waals surface area (Å²) >= 11 is 5.34. The zero-order valence-electron chi connectivity index (χ0n) is 72.5. The van der Waals surface area contributed by atoms with E-state index >= 15 is 0 Å². The first-order valence-electron chi connectivity index (χ1n) is 45.0. The van der Waals surface area contributed by atoms with Crippen LogP contribution in [0.3, 0.4) is 0 Å². The van der Waals surface area contributed by atoms with Crippen molar-refractivity contribution < 1.29 is 0 Å². The van der Waals surface area contributed by atoms with Crippen LogP contribution in [0.4, 0.5) is 17.1 Å². The highest BCUT2D eigenvalue weighted by molar-refractivity contribution is 7.26. The van der Waals surface area contributed by atoms with Gasteiger partial charge in [-0.15, -0.1) is 34.0 Å². The summed E-state index contributed by atoms with van der Waals surface area (Å²) < 4.78 is 7.36. The minimum atomic E-state index is 0.641. The molecule has 0 aliphatic rings. The topological polar surface area (TPSA) is 51.8 Å². The van der Waals surface area contributed by atoms with E-state index in [-0.39, 0.29) is 0 Å². The highest BCUT2D eigenvalue weighted by Gasteiger charge is 2.23. The Morgan fingerprint density at radius 1 is 0.148 bits per heavy atom. The predicted molar refractivity (Wildman–Crippen MR) is 577 cm³/mol. The second-order valence-corrected chi connectivity index (χ2v) is 37.5. The number of hydrogen-bond donors (Lipinski definition) is 0. The Morgan fingerprint density at radius 2 is 0.393 bits per heavy atom. The Kier molecular flexibility index (Phi) is 19.6. The Balaban J connectivity index is 0.000000109. The van der Waals surface area contributed by atoms with Gasteiger partial charge in [0.25, 0.3) is 0 Å². The zero-order valence-corrected chi connectivity index (χ0v) is 74.9. The molecular weight excluding hydrogens is 1690 g/mol. The highest BCUT2D eigenvalue weighted by atomic mass is 32.1. The van der Waals surface area contributed by atoms with E-state index in [9.17, 15) is 0 Å². The average molecular weight is 1770 g/mol. The zero-order chi connectivity index (χ0) is 89.7. The van der Waals surface area contributed by atoms with Crippen LogP contribution in [0.25, 0.3) is 273 Å². The van der Waals surface area contributed by atoms with Crippen LogP contribution in [-0.2, 0) is 0 Å². The molecule has 0 radical (unpaired) electrons. The molecule has 0 atom stereocenters. The van der Waals surface area contributed by atoms with Crippen molar-refractivity contribution in [2.75, 3.05) is 0 Å². The first kappa shape index (κ1) is 79.7. The molecule has 27 aromatic rings. The summed E-state index contributed by atoms with van der Waals surface area (Å²) in [6, 6.07) is 156. The van der Waals surface area contributed by atoms with Gasteiger partial charge in [-0.05, 0) is 281 Å². The summed E-state index contributed by atoms with van der Waals surface area (Å²) in [5.41, 5.74) is 19.4. The Labute approximate surface area is 789 Å². The van der Waals surface area contributed by atoms with Gasteiger partial charge in [-0.1, -0.05) is 352 Å². The molecular formula is C126H72N6S3. The van der Waals surface area contributed by atoms with Crippen molar-refractivity contribution in [2.24, 2.45) is 0 Å². The van der Waals surface area contributed by atoms with Crippen LogP contribution in [-0.4, -0.2) is 15.0 Å². The largest absolute Gasteiger partial charge is 0.238 e. The van der Waals surface area contributed by atoms with E-state index in [0.29, 0.717) is 34.5 Å². The van der Waals surface area contributed by atoms with Crippen molar-refractivity contribution in [3.8, 4) is 101 Å². The van der Waals surface area contributed by atoms with Crippen molar-refractivity contribution in [2.45, 2.75) is 0 Å². The SMILES string of the molecule is [C-]#[N+]c1ccc2sc3ccc(-c4cc5c6ccccc6c(-c6nc(-c7ccccc7)nc(-c7ccccc7)n6)cc5c5ccccc45)cc3c2c1.[C-]#[N+]c1ccc2sc3ccc(-c4ccc(-c5cc6c7ccccc7c(-c7ccccc7)cc6c6ccccc56)cc4)cc3c2c1.[C-]#[N+]c1ccc2sc3ccc(-c4ccc(-c5cc6c7ccccc7ccc6c6ccccc56)cc4)cc3c2c1. The quantitative estimate of drug-likeness (QED) is 0.107. The van der Waals surface area contributed by atoms with Gasteiger partial charge >= 0.3 is 0 Å². The second-order valence-electron chi connectivity index (χ2n) is 34.3. The van der Waals surface area contributed by atoms with Crippen LogP contribution < -0.4 is 0 Å². The van der Waals surface area contributed by atoms with Crippen molar-refractivity contribution in [1.82, 2.24) is 15.0 Å². The van der Waals surface area contributed by atoms with Gasteiger partial charge in [-0.2, -0.15) is 0 Å². The van der Waals surface area contributed by atoms with Gasteiger partial charge in [0.2, 0.25) is 0 Å². The molecule has 0 saturated carbocycles. The molecule has 0 bridgehead atoms. The molecule has 0 fully saturated rings. The fourth-order valence-electron chi connectivity index (χ4n) is 20.2. The fourth-order valence-corrected chi connectivity index (χ4v) is 23.4. The van der Waals surface area contributed by atoms with Crippen molar-refractivity contribution in [1.29, 1.82) is 0 Å². The molecule has 23 aromatic carbocycles. The van der Waals surface area contributed by atoms with Crippen LogP contribution in [0.2, 0.25) is 0 Å². The molecule has 9 heteroatoms. The summed E-state index contributed by atoms with van der Waals surface area (Å²) in [7, 11) is 0. The number of thiophene rings is 3. The lowest BCUT2D eigenvalue weighted by Crippen LogP contribution is -2.00. The molecule has 135 heavy (non-hydrogen) atoms. The Bertz CT molecular complexity index is 9660. The van der Waals surface area contributed by atoms with E-state index in [4.69, 9.17) is 34.7 Å². The van der Waals surface area contributed by atoms with Gasteiger partial charge in [0.15, 0.2) is 34.5 Å². The Hall–Kier alpha value is -17.5. The monoisotopic (exact) mass is 1760 g/mol. The van der Waals surface area contributed by atoms with E-state index in [1.165, 1.54) is 186 Å². The van der Waals surface area contributed by atoms with Gasteiger partial charge in [-0.25, -0.2) is 29.5 Å². The third-order valence-corrected chi connectivity index (χ3v) is 30.1. The Morgan fingerprint density at radius 3 is 0.770 bits per heavy atom. The molecule has 624 valence electrons. The smallest absolute Gasteiger partial charge is 0.187 e. The van der Waals surface area contributed by atoms with Crippen LogP contribution in [0.15, 0.2) is 437 Å². The molecule has 0 N–H and O–H groups in total.